The van der Waals surface area contributed by atoms with E-state index in [2.05, 4.69) is 16.0 Å². The number of hydrogen-bond acceptors (Lipinski definition) is 3. The van der Waals surface area contributed by atoms with Crippen molar-refractivity contribution >= 4 is 5.78 Å². The number of ketones is 1. The second-order valence-electron chi connectivity index (χ2n) is 5.05. The highest BCUT2D eigenvalue weighted by Crippen LogP contribution is 2.32. The van der Waals surface area contributed by atoms with Gasteiger partial charge >= 0.3 is 0 Å². The summed E-state index contributed by atoms with van der Waals surface area (Å²) in [5.41, 5.74) is 3.91. The van der Waals surface area contributed by atoms with Crippen molar-refractivity contribution in [2.24, 2.45) is 0 Å². The number of aryl methyl sites for hydroxylation is 2. The van der Waals surface area contributed by atoms with E-state index in [0.29, 0.717) is 0 Å². The lowest BCUT2D eigenvalue weighted by Crippen LogP contribution is -2.20. The predicted molar refractivity (Wildman–Crippen MR) is 73.2 cm³/mol. The molecule has 3 nitrogen and oxygen atoms in total. The molecule has 0 fully saturated rings. The Hall–Kier alpha value is -2.03. The van der Waals surface area contributed by atoms with Gasteiger partial charge in [-0.2, -0.15) is 0 Å². The molecule has 0 aromatic carbocycles. The van der Waals surface area contributed by atoms with Gasteiger partial charge in [0.05, 0.1) is 11.6 Å². The summed E-state index contributed by atoms with van der Waals surface area (Å²) < 4.78 is 0. The molecule has 0 aliphatic heterocycles. The van der Waals surface area contributed by atoms with Crippen molar-refractivity contribution in [3.05, 3.63) is 59.2 Å². The fraction of sp³-hybridized carbons (Fsp3) is 0.312. The van der Waals surface area contributed by atoms with Crippen LogP contribution in [0, 0.1) is 6.92 Å². The van der Waals surface area contributed by atoms with E-state index < -0.39 is 0 Å². The van der Waals surface area contributed by atoms with Crippen molar-refractivity contribution < 1.29 is 4.79 Å². The fourth-order valence-electron chi connectivity index (χ4n) is 2.80. The van der Waals surface area contributed by atoms with E-state index in [1.165, 1.54) is 5.56 Å². The Morgan fingerprint density at radius 2 is 2.21 bits per heavy atom. The number of carbonyl (C=O) groups excluding carboxylic acids is 1. The van der Waals surface area contributed by atoms with Gasteiger partial charge in [0, 0.05) is 24.2 Å². The van der Waals surface area contributed by atoms with Crippen LogP contribution in [0.5, 0.6) is 0 Å². The van der Waals surface area contributed by atoms with Gasteiger partial charge in [0.25, 0.3) is 0 Å². The van der Waals surface area contributed by atoms with Gasteiger partial charge in [-0.05, 0) is 49.4 Å². The second-order valence-corrected chi connectivity index (χ2v) is 5.05. The van der Waals surface area contributed by atoms with Crippen LogP contribution in [0.3, 0.4) is 0 Å². The van der Waals surface area contributed by atoms with Crippen molar-refractivity contribution in [2.45, 2.75) is 32.1 Å². The smallest absolute Gasteiger partial charge is 0.172 e. The van der Waals surface area contributed by atoms with Gasteiger partial charge in [-0.1, -0.05) is 6.07 Å². The van der Waals surface area contributed by atoms with Crippen molar-refractivity contribution in [1.82, 2.24) is 9.97 Å². The van der Waals surface area contributed by atoms with Crippen LogP contribution in [0.2, 0.25) is 0 Å². The van der Waals surface area contributed by atoms with Crippen LogP contribution in [-0.4, -0.2) is 15.8 Å². The minimum atomic E-state index is -0.0916. The molecular formula is C16H16N2O. The van der Waals surface area contributed by atoms with Gasteiger partial charge in [0.15, 0.2) is 5.78 Å². The quantitative estimate of drug-likeness (QED) is 0.771. The van der Waals surface area contributed by atoms with Crippen LogP contribution in [0.1, 0.15) is 45.9 Å². The summed E-state index contributed by atoms with van der Waals surface area (Å²) in [5.74, 6) is 0.0885. The third-order valence-corrected chi connectivity index (χ3v) is 3.80. The maximum absolute atomic E-state index is 12.7. The van der Waals surface area contributed by atoms with Crippen LogP contribution < -0.4 is 0 Å². The molecule has 3 rings (SSSR count). The lowest BCUT2D eigenvalue weighted by atomic mass is 9.81. The third kappa shape index (κ3) is 2.16. The lowest BCUT2D eigenvalue weighted by Gasteiger charge is -2.23. The predicted octanol–water partition coefficient (Wildman–Crippen LogP) is 3.09. The number of rotatable bonds is 2. The summed E-state index contributed by atoms with van der Waals surface area (Å²) in [4.78, 5) is 21.2. The standard InChI is InChI=1S/C16H16N2O/c1-11-10-17-9-7-13(11)16(19)14-6-2-4-12-5-3-8-18-15(12)14/h3,5,7-10,14H,2,4,6H2,1H3. The third-order valence-electron chi connectivity index (χ3n) is 3.80. The monoisotopic (exact) mass is 252 g/mol. The first-order valence-electron chi connectivity index (χ1n) is 6.66. The number of fused-ring (bicyclic) bond motifs is 1. The lowest BCUT2D eigenvalue weighted by molar-refractivity contribution is 0.0948. The van der Waals surface area contributed by atoms with E-state index in [0.717, 1.165) is 36.1 Å². The Labute approximate surface area is 112 Å². The van der Waals surface area contributed by atoms with E-state index in [1.807, 2.05) is 19.1 Å². The normalized spacial score (nSPS) is 17.8. The first kappa shape index (κ1) is 12.0. The Kier molecular flexibility index (Phi) is 3.11. The molecule has 96 valence electrons. The molecule has 1 aliphatic rings. The molecule has 0 spiro atoms. The van der Waals surface area contributed by atoms with Crippen LogP contribution in [-0.2, 0) is 6.42 Å². The van der Waals surface area contributed by atoms with Crippen molar-refractivity contribution in [1.29, 1.82) is 0 Å². The molecule has 19 heavy (non-hydrogen) atoms. The van der Waals surface area contributed by atoms with E-state index in [-0.39, 0.29) is 11.7 Å². The molecule has 0 saturated heterocycles. The molecule has 1 aliphatic carbocycles. The Balaban J connectivity index is 2.00. The first-order chi connectivity index (χ1) is 9.27. The van der Waals surface area contributed by atoms with Crippen LogP contribution in [0.4, 0.5) is 0 Å². The van der Waals surface area contributed by atoms with Gasteiger partial charge in [0.2, 0.25) is 0 Å². The zero-order valence-electron chi connectivity index (χ0n) is 11.0. The molecular weight excluding hydrogens is 236 g/mol. The van der Waals surface area contributed by atoms with Crippen LogP contribution in [0.25, 0.3) is 0 Å². The fourth-order valence-corrected chi connectivity index (χ4v) is 2.80. The topological polar surface area (TPSA) is 42.9 Å². The number of pyridine rings is 2. The van der Waals surface area contributed by atoms with Gasteiger partial charge in [-0.25, -0.2) is 0 Å². The van der Waals surface area contributed by atoms with Crippen molar-refractivity contribution in [3.63, 3.8) is 0 Å². The molecule has 2 aromatic heterocycles. The van der Waals surface area contributed by atoms with Gasteiger partial charge in [-0.15, -0.1) is 0 Å². The zero-order chi connectivity index (χ0) is 13.2. The molecule has 0 radical (unpaired) electrons. The number of hydrogen-bond donors (Lipinski definition) is 0. The molecule has 0 saturated carbocycles. The number of carbonyl (C=O) groups is 1. The highest BCUT2D eigenvalue weighted by atomic mass is 16.1. The molecule has 0 amide bonds. The summed E-state index contributed by atoms with van der Waals surface area (Å²) in [5, 5.41) is 0. The van der Waals surface area contributed by atoms with E-state index >= 15 is 0 Å². The van der Waals surface area contributed by atoms with Gasteiger partial charge in [-0.3, -0.25) is 14.8 Å². The van der Waals surface area contributed by atoms with Crippen molar-refractivity contribution in [2.75, 3.05) is 0 Å². The molecule has 3 heteroatoms. The number of nitrogens with zero attached hydrogens (tertiary/aromatic N) is 2. The average Bonchev–Trinajstić information content (AvgIpc) is 2.46. The number of Topliss-reactive ketones (excluding diaryl/α,β-unsaturated/α-hetero) is 1. The summed E-state index contributed by atoms with van der Waals surface area (Å²) in [6, 6.07) is 5.85. The summed E-state index contributed by atoms with van der Waals surface area (Å²) in [7, 11) is 0. The highest BCUT2D eigenvalue weighted by Gasteiger charge is 2.28. The number of aromatic nitrogens is 2. The van der Waals surface area contributed by atoms with Crippen LogP contribution >= 0.6 is 0 Å². The SMILES string of the molecule is Cc1cnccc1C(=O)C1CCCc2cccnc21. The molecule has 0 bridgehead atoms. The average molecular weight is 252 g/mol. The largest absolute Gasteiger partial charge is 0.293 e. The maximum Gasteiger partial charge on any atom is 0.172 e. The summed E-state index contributed by atoms with van der Waals surface area (Å²) >= 11 is 0. The molecule has 0 N–H and O–H groups in total. The Bertz CT molecular complexity index is 622. The van der Waals surface area contributed by atoms with E-state index in [1.54, 1.807) is 18.6 Å². The van der Waals surface area contributed by atoms with Gasteiger partial charge in [0.1, 0.15) is 0 Å². The van der Waals surface area contributed by atoms with Gasteiger partial charge < -0.3 is 0 Å². The van der Waals surface area contributed by atoms with E-state index in [4.69, 9.17) is 0 Å². The first-order valence-corrected chi connectivity index (χ1v) is 6.66. The van der Waals surface area contributed by atoms with Crippen molar-refractivity contribution in [3.8, 4) is 0 Å². The maximum atomic E-state index is 12.7. The minimum Gasteiger partial charge on any atom is -0.293 e. The molecule has 2 aromatic rings. The molecule has 2 heterocycles. The minimum absolute atomic E-state index is 0.0916. The summed E-state index contributed by atoms with van der Waals surface area (Å²) in [6.07, 6.45) is 8.19. The van der Waals surface area contributed by atoms with Crippen LogP contribution in [0.15, 0.2) is 36.8 Å². The molecule has 1 atom stereocenters. The summed E-state index contributed by atoms with van der Waals surface area (Å²) in [6.45, 7) is 1.93. The Morgan fingerprint density at radius 1 is 1.32 bits per heavy atom. The Morgan fingerprint density at radius 3 is 3.05 bits per heavy atom. The van der Waals surface area contributed by atoms with E-state index in [9.17, 15) is 4.79 Å². The molecule has 1 unspecified atom stereocenters. The zero-order valence-corrected chi connectivity index (χ0v) is 11.0. The second kappa shape index (κ2) is 4.92. The highest BCUT2D eigenvalue weighted by molar-refractivity contribution is 6.02.